The van der Waals surface area contributed by atoms with E-state index in [4.69, 9.17) is 0 Å². The summed E-state index contributed by atoms with van der Waals surface area (Å²) in [5.74, 6) is -0.148. The van der Waals surface area contributed by atoms with Crippen molar-refractivity contribution in [2.24, 2.45) is 0 Å². The summed E-state index contributed by atoms with van der Waals surface area (Å²) in [6.07, 6.45) is 1.65. The van der Waals surface area contributed by atoms with Gasteiger partial charge in [0.1, 0.15) is 0 Å². The Bertz CT molecular complexity index is 1220. The number of amides is 1. The van der Waals surface area contributed by atoms with E-state index in [1.54, 1.807) is 10.7 Å². The number of rotatable bonds is 4. The molecule has 29 heavy (non-hydrogen) atoms. The first-order chi connectivity index (χ1) is 14.0. The highest BCUT2D eigenvalue weighted by Crippen LogP contribution is 2.28. The van der Waals surface area contributed by atoms with Crippen molar-refractivity contribution in [1.29, 1.82) is 0 Å². The van der Waals surface area contributed by atoms with Crippen molar-refractivity contribution in [2.75, 3.05) is 0 Å². The number of hydrogen-bond acceptors (Lipinski definition) is 3. The van der Waals surface area contributed by atoms with Gasteiger partial charge < -0.3 is 5.32 Å². The van der Waals surface area contributed by atoms with Gasteiger partial charge in [-0.15, -0.1) is 0 Å². The van der Waals surface area contributed by atoms with Gasteiger partial charge in [0.05, 0.1) is 17.0 Å². The van der Waals surface area contributed by atoms with Crippen LogP contribution in [0.3, 0.4) is 0 Å². The molecule has 0 aliphatic carbocycles. The van der Waals surface area contributed by atoms with Gasteiger partial charge in [0.2, 0.25) is 0 Å². The molecule has 5 nitrogen and oxygen atoms in total. The Morgan fingerprint density at radius 1 is 1.03 bits per heavy atom. The van der Waals surface area contributed by atoms with E-state index in [0.29, 0.717) is 12.1 Å². The Kier molecular flexibility index (Phi) is 4.89. The summed E-state index contributed by atoms with van der Waals surface area (Å²) in [6.45, 7) is 8.48. The fourth-order valence-electron chi connectivity index (χ4n) is 3.64. The van der Waals surface area contributed by atoms with Gasteiger partial charge in [0, 0.05) is 18.3 Å². The summed E-state index contributed by atoms with van der Waals surface area (Å²) in [4.78, 5) is 17.4. The summed E-state index contributed by atoms with van der Waals surface area (Å²) in [7, 11) is 0. The van der Waals surface area contributed by atoms with Gasteiger partial charge in [-0.1, -0.05) is 54.1 Å². The maximum atomic E-state index is 12.8. The second-order valence-corrected chi connectivity index (χ2v) is 7.43. The Labute approximate surface area is 170 Å². The van der Waals surface area contributed by atoms with Crippen LogP contribution in [0.15, 0.2) is 54.7 Å². The highest BCUT2D eigenvalue weighted by atomic mass is 16.1. The first-order valence-electron chi connectivity index (χ1n) is 9.70. The summed E-state index contributed by atoms with van der Waals surface area (Å²) < 4.78 is 1.77. The normalized spacial score (nSPS) is 11.0. The van der Waals surface area contributed by atoms with E-state index in [1.165, 1.54) is 5.56 Å². The van der Waals surface area contributed by atoms with Crippen molar-refractivity contribution in [3.63, 3.8) is 0 Å². The van der Waals surface area contributed by atoms with E-state index in [9.17, 15) is 4.79 Å². The zero-order chi connectivity index (χ0) is 20.5. The van der Waals surface area contributed by atoms with Gasteiger partial charge >= 0.3 is 0 Å². The van der Waals surface area contributed by atoms with Crippen molar-refractivity contribution in [1.82, 2.24) is 19.9 Å². The molecule has 2 heterocycles. The molecule has 0 saturated carbocycles. The van der Waals surface area contributed by atoms with Crippen LogP contribution in [0.2, 0.25) is 0 Å². The molecule has 1 N–H and O–H groups in total. The topological polar surface area (TPSA) is 59.3 Å². The van der Waals surface area contributed by atoms with E-state index in [-0.39, 0.29) is 5.91 Å². The lowest BCUT2D eigenvalue weighted by Crippen LogP contribution is -2.25. The Morgan fingerprint density at radius 2 is 1.83 bits per heavy atom. The maximum Gasteiger partial charge on any atom is 0.254 e. The van der Waals surface area contributed by atoms with E-state index in [1.807, 2.05) is 51.1 Å². The van der Waals surface area contributed by atoms with E-state index >= 15 is 0 Å². The third-order valence-corrected chi connectivity index (χ3v) is 5.31. The van der Waals surface area contributed by atoms with Gasteiger partial charge in [0.15, 0.2) is 5.65 Å². The number of hydrogen-bond donors (Lipinski definition) is 1. The molecule has 146 valence electrons. The minimum absolute atomic E-state index is 0.148. The lowest BCUT2D eigenvalue weighted by Gasteiger charge is -2.10. The van der Waals surface area contributed by atoms with Crippen LogP contribution in [0.1, 0.15) is 38.4 Å². The lowest BCUT2D eigenvalue weighted by atomic mass is 10.0. The molecule has 0 fully saturated rings. The molecule has 2 aromatic carbocycles. The molecule has 0 atom stereocenters. The predicted octanol–water partition coefficient (Wildman–Crippen LogP) is 4.56. The molecule has 4 rings (SSSR count). The molecular formula is C24H24N4O. The lowest BCUT2D eigenvalue weighted by molar-refractivity contribution is 0.0949. The van der Waals surface area contributed by atoms with Crippen LogP contribution < -0.4 is 5.32 Å². The highest BCUT2D eigenvalue weighted by molar-refractivity contribution is 5.95. The molecule has 0 unspecified atom stereocenters. The number of carbonyl (C=O) groups excluding carboxylic acids is 1. The Hall–Kier alpha value is -3.47. The molecule has 0 aliphatic rings. The summed E-state index contributed by atoms with van der Waals surface area (Å²) >= 11 is 0. The zero-order valence-electron chi connectivity index (χ0n) is 17.2. The van der Waals surface area contributed by atoms with Crippen LogP contribution in [0, 0.1) is 27.7 Å². The largest absolute Gasteiger partial charge is 0.348 e. The standard InChI is InChI=1S/C24H24N4O/c1-15-8-7-11-19(12-15)22-17(3)27-28-18(4)21(14-25-23(22)28)24(29)26-13-20-10-6-5-9-16(20)2/h5-12,14H,13H2,1-4H3,(H,26,29). The van der Waals surface area contributed by atoms with E-state index < -0.39 is 0 Å². The van der Waals surface area contributed by atoms with Gasteiger partial charge in [-0.25, -0.2) is 9.50 Å². The first kappa shape index (κ1) is 18.9. The third-order valence-electron chi connectivity index (χ3n) is 5.31. The molecule has 0 bridgehead atoms. The number of aromatic nitrogens is 3. The minimum atomic E-state index is -0.148. The predicted molar refractivity (Wildman–Crippen MR) is 115 cm³/mol. The van der Waals surface area contributed by atoms with E-state index in [2.05, 4.69) is 40.5 Å². The summed E-state index contributed by atoms with van der Waals surface area (Å²) in [6, 6.07) is 16.3. The molecule has 1 amide bonds. The van der Waals surface area contributed by atoms with E-state index in [0.717, 1.165) is 39.3 Å². The van der Waals surface area contributed by atoms with Crippen LogP contribution in [0.5, 0.6) is 0 Å². The first-order valence-corrected chi connectivity index (χ1v) is 9.70. The van der Waals surface area contributed by atoms with Crippen molar-refractivity contribution in [3.8, 4) is 11.1 Å². The number of aryl methyl sites for hydroxylation is 4. The number of carbonyl (C=O) groups is 1. The molecule has 0 saturated heterocycles. The molecule has 5 heteroatoms. The average molecular weight is 384 g/mol. The van der Waals surface area contributed by atoms with Crippen LogP contribution >= 0.6 is 0 Å². The van der Waals surface area contributed by atoms with Gasteiger partial charge in [0.25, 0.3) is 5.91 Å². The number of nitrogens with zero attached hydrogens (tertiary/aromatic N) is 3. The highest BCUT2D eigenvalue weighted by Gasteiger charge is 2.18. The number of benzene rings is 2. The second kappa shape index (κ2) is 7.51. The maximum absolute atomic E-state index is 12.8. The van der Waals surface area contributed by atoms with Crippen molar-refractivity contribution < 1.29 is 4.79 Å². The monoisotopic (exact) mass is 384 g/mol. The SMILES string of the molecule is Cc1cccc(-c2c(C)nn3c(C)c(C(=O)NCc4ccccc4C)cnc23)c1. The van der Waals surface area contributed by atoms with Crippen molar-refractivity contribution in [3.05, 3.63) is 88.4 Å². The molecule has 0 spiro atoms. The molecule has 0 radical (unpaired) electrons. The van der Waals surface area contributed by atoms with Crippen LogP contribution in [-0.2, 0) is 6.54 Å². The number of fused-ring (bicyclic) bond motifs is 1. The Balaban J connectivity index is 1.68. The second-order valence-electron chi connectivity index (χ2n) is 7.43. The summed E-state index contributed by atoms with van der Waals surface area (Å²) in [5.41, 5.74) is 8.50. The number of nitrogens with one attached hydrogen (secondary N) is 1. The fourth-order valence-corrected chi connectivity index (χ4v) is 3.64. The van der Waals surface area contributed by atoms with Gasteiger partial charge in [-0.05, 0) is 44.4 Å². The van der Waals surface area contributed by atoms with Crippen molar-refractivity contribution >= 4 is 11.6 Å². The third kappa shape index (κ3) is 3.51. The summed E-state index contributed by atoms with van der Waals surface area (Å²) in [5, 5.41) is 7.67. The zero-order valence-corrected chi connectivity index (χ0v) is 17.2. The minimum Gasteiger partial charge on any atom is -0.348 e. The fraction of sp³-hybridized carbons (Fsp3) is 0.208. The Morgan fingerprint density at radius 3 is 2.59 bits per heavy atom. The van der Waals surface area contributed by atoms with Gasteiger partial charge in [-0.3, -0.25) is 4.79 Å². The van der Waals surface area contributed by atoms with Crippen LogP contribution in [-0.4, -0.2) is 20.5 Å². The quantitative estimate of drug-likeness (QED) is 0.561. The molecule has 2 aromatic heterocycles. The average Bonchev–Trinajstić information content (AvgIpc) is 3.04. The van der Waals surface area contributed by atoms with Crippen LogP contribution in [0.25, 0.3) is 16.8 Å². The van der Waals surface area contributed by atoms with Gasteiger partial charge in [-0.2, -0.15) is 5.10 Å². The van der Waals surface area contributed by atoms with Crippen molar-refractivity contribution in [2.45, 2.75) is 34.2 Å². The smallest absolute Gasteiger partial charge is 0.254 e. The molecule has 0 aliphatic heterocycles. The molecule has 4 aromatic rings. The van der Waals surface area contributed by atoms with Crippen LogP contribution in [0.4, 0.5) is 0 Å². The molecular weight excluding hydrogens is 360 g/mol.